The molecule has 0 heterocycles. The molecule has 0 aromatic carbocycles. The highest BCUT2D eigenvalue weighted by Gasteiger charge is 2.35. The Bertz CT molecular complexity index is 501. The molecule has 2 fully saturated rings. The van der Waals surface area contributed by atoms with E-state index in [0.29, 0.717) is 31.2 Å². The SMILES string of the molecule is CC(C)C[C@H](O)[C@@H](O)CN(CC1CCCCC1)C(=O)[C@@H](CC(N)=O)CC1CC1. The molecule has 0 aliphatic heterocycles. The number of rotatable bonds is 12. The quantitative estimate of drug-likeness (QED) is 0.471. The minimum atomic E-state index is -0.968. The van der Waals surface area contributed by atoms with Gasteiger partial charge in [0, 0.05) is 25.4 Å². The molecule has 2 saturated carbocycles. The van der Waals surface area contributed by atoms with E-state index in [2.05, 4.69) is 0 Å². The molecule has 0 radical (unpaired) electrons. The largest absolute Gasteiger partial charge is 0.390 e. The van der Waals surface area contributed by atoms with E-state index in [1.165, 1.54) is 19.3 Å². The molecule has 6 heteroatoms. The van der Waals surface area contributed by atoms with Gasteiger partial charge in [0.1, 0.15) is 0 Å². The minimum absolute atomic E-state index is 0.0706. The summed E-state index contributed by atoms with van der Waals surface area (Å²) >= 11 is 0. The molecule has 0 unspecified atom stereocenters. The van der Waals surface area contributed by atoms with Gasteiger partial charge in [0.25, 0.3) is 0 Å². The first-order valence-corrected chi connectivity index (χ1v) is 11.2. The van der Waals surface area contributed by atoms with Crippen molar-refractivity contribution >= 4 is 11.8 Å². The van der Waals surface area contributed by atoms with Crippen LogP contribution in [-0.2, 0) is 9.59 Å². The molecule has 28 heavy (non-hydrogen) atoms. The van der Waals surface area contributed by atoms with Gasteiger partial charge in [-0.3, -0.25) is 9.59 Å². The second-order valence-corrected chi connectivity index (χ2v) is 9.56. The fourth-order valence-corrected chi connectivity index (χ4v) is 4.45. The van der Waals surface area contributed by atoms with Gasteiger partial charge in [0.15, 0.2) is 0 Å². The lowest BCUT2D eigenvalue weighted by atomic mass is 9.88. The van der Waals surface area contributed by atoms with E-state index >= 15 is 0 Å². The summed E-state index contributed by atoms with van der Waals surface area (Å²) in [6.07, 6.45) is 7.47. The van der Waals surface area contributed by atoms with E-state index in [1.807, 2.05) is 13.8 Å². The van der Waals surface area contributed by atoms with Crippen molar-refractivity contribution in [2.45, 2.75) is 90.3 Å². The summed E-state index contributed by atoms with van der Waals surface area (Å²) in [5.74, 6) is 0.292. The molecular formula is C22H40N2O4. The molecule has 2 aliphatic rings. The maximum absolute atomic E-state index is 13.3. The van der Waals surface area contributed by atoms with Gasteiger partial charge in [0.05, 0.1) is 12.2 Å². The highest BCUT2D eigenvalue weighted by molar-refractivity contribution is 5.85. The van der Waals surface area contributed by atoms with Gasteiger partial charge in [-0.1, -0.05) is 46.0 Å². The number of nitrogens with two attached hydrogens (primary N) is 1. The van der Waals surface area contributed by atoms with Gasteiger partial charge in [-0.25, -0.2) is 0 Å². The minimum Gasteiger partial charge on any atom is -0.390 e. The summed E-state index contributed by atoms with van der Waals surface area (Å²) in [6.45, 7) is 4.73. The van der Waals surface area contributed by atoms with Crippen molar-refractivity contribution in [1.82, 2.24) is 4.90 Å². The standard InChI is InChI=1S/C22H40N2O4/c1-15(2)10-19(25)20(26)14-24(13-17-6-4-3-5-7-17)22(28)18(12-21(23)27)11-16-8-9-16/h15-20,25-26H,3-14H2,1-2H3,(H2,23,27)/t18-,19+,20+/m1/s1. The number of carbonyl (C=O) groups is 2. The van der Waals surface area contributed by atoms with Crippen LogP contribution in [0.4, 0.5) is 0 Å². The normalized spacial score (nSPS) is 21.3. The third-order valence-electron chi connectivity index (χ3n) is 6.19. The van der Waals surface area contributed by atoms with Crippen LogP contribution >= 0.6 is 0 Å². The zero-order valence-electron chi connectivity index (χ0n) is 17.7. The lowest BCUT2D eigenvalue weighted by Crippen LogP contribution is -2.47. The van der Waals surface area contributed by atoms with Crippen LogP contribution in [0.2, 0.25) is 0 Å². The summed E-state index contributed by atoms with van der Waals surface area (Å²) in [7, 11) is 0. The Morgan fingerprint density at radius 1 is 1.00 bits per heavy atom. The number of primary amides is 1. The first-order chi connectivity index (χ1) is 13.3. The van der Waals surface area contributed by atoms with E-state index in [-0.39, 0.29) is 24.8 Å². The van der Waals surface area contributed by atoms with Crippen LogP contribution in [0.5, 0.6) is 0 Å². The summed E-state index contributed by atoms with van der Waals surface area (Å²) in [6, 6.07) is 0. The average Bonchev–Trinajstić information content (AvgIpc) is 3.44. The van der Waals surface area contributed by atoms with Crippen molar-refractivity contribution in [3.8, 4) is 0 Å². The average molecular weight is 397 g/mol. The highest BCUT2D eigenvalue weighted by atomic mass is 16.3. The number of aliphatic hydroxyl groups is 2. The molecular weight excluding hydrogens is 356 g/mol. The van der Waals surface area contributed by atoms with Crippen LogP contribution in [0.25, 0.3) is 0 Å². The second-order valence-electron chi connectivity index (χ2n) is 9.56. The first-order valence-electron chi connectivity index (χ1n) is 11.2. The summed E-state index contributed by atoms with van der Waals surface area (Å²) in [5.41, 5.74) is 5.42. The number of carbonyl (C=O) groups excluding carboxylic acids is 2. The summed E-state index contributed by atoms with van der Waals surface area (Å²) < 4.78 is 0. The molecule has 6 nitrogen and oxygen atoms in total. The van der Waals surface area contributed by atoms with E-state index in [0.717, 1.165) is 25.7 Å². The van der Waals surface area contributed by atoms with Crippen molar-refractivity contribution in [3.63, 3.8) is 0 Å². The van der Waals surface area contributed by atoms with Gasteiger partial charge >= 0.3 is 0 Å². The Morgan fingerprint density at radius 2 is 1.64 bits per heavy atom. The van der Waals surface area contributed by atoms with Crippen molar-refractivity contribution in [2.24, 2.45) is 29.4 Å². The molecule has 0 saturated heterocycles. The van der Waals surface area contributed by atoms with Crippen LogP contribution < -0.4 is 5.73 Å². The fourth-order valence-electron chi connectivity index (χ4n) is 4.45. The van der Waals surface area contributed by atoms with Gasteiger partial charge in [-0.15, -0.1) is 0 Å². The topological polar surface area (TPSA) is 104 Å². The molecule has 0 aromatic rings. The molecule has 2 amide bonds. The smallest absolute Gasteiger partial charge is 0.226 e. The van der Waals surface area contributed by atoms with Crippen molar-refractivity contribution in [3.05, 3.63) is 0 Å². The molecule has 0 spiro atoms. The molecule has 0 aromatic heterocycles. The lowest BCUT2D eigenvalue weighted by Gasteiger charge is -2.34. The number of aliphatic hydroxyl groups excluding tert-OH is 2. The van der Waals surface area contributed by atoms with Crippen molar-refractivity contribution in [1.29, 1.82) is 0 Å². The summed E-state index contributed by atoms with van der Waals surface area (Å²) in [5, 5.41) is 20.8. The molecule has 3 atom stereocenters. The Hall–Kier alpha value is -1.14. The van der Waals surface area contributed by atoms with Crippen LogP contribution in [0.3, 0.4) is 0 Å². The maximum Gasteiger partial charge on any atom is 0.226 e. The van der Waals surface area contributed by atoms with Gasteiger partial charge in [0.2, 0.25) is 11.8 Å². The van der Waals surface area contributed by atoms with Crippen LogP contribution in [-0.4, -0.2) is 52.2 Å². The number of amides is 2. The second kappa shape index (κ2) is 11.1. The number of nitrogens with zero attached hydrogens (tertiary/aromatic N) is 1. The first kappa shape index (κ1) is 23.1. The van der Waals surface area contributed by atoms with Crippen molar-refractivity contribution < 1.29 is 19.8 Å². The summed E-state index contributed by atoms with van der Waals surface area (Å²) in [4.78, 5) is 26.6. The maximum atomic E-state index is 13.3. The zero-order chi connectivity index (χ0) is 20.7. The van der Waals surface area contributed by atoms with Gasteiger partial charge in [-0.2, -0.15) is 0 Å². The Kier molecular flexibility index (Phi) is 9.22. The molecule has 4 N–H and O–H groups in total. The van der Waals surface area contributed by atoms with E-state index in [4.69, 9.17) is 5.73 Å². The van der Waals surface area contributed by atoms with Crippen molar-refractivity contribution in [2.75, 3.05) is 13.1 Å². The highest BCUT2D eigenvalue weighted by Crippen LogP contribution is 2.37. The lowest BCUT2D eigenvalue weighted by molar-refractivity contribution is -0.141. The molecule has 2 rings (SSSR count). The molecule has 0 bridgehead atoms. The van der Waals surface area contributed by atoms with Crippen LogP contribution in [0.15, 0.2) is 0 Å². The van der Waals surface area contributed by atoms with E-state index < -0.39 is 24.0 Å². The predicted molar refractivity (Wildman–Crippen MR) is 109 cm³/mol. The van der Waals surface area contributed by atoms with Crippen LogP contribution in [0.1, 0.15) is 78.1 Å². The molecule has 162 valence electrons. The fraction of sp³-hybridized carbons (Fsp3) is 0.909. The zero-order valence-corrected chi connectivity index (χ0v) is 17.7. The Labute approximate surface area is 169 Å². The van der Waals surface area contributed by atoms with Gasteiger partial charge in [-0.05, 0) is 43.4 Å². The van der Waals surface area contributed by atoms with E-state index in [1.54, 1.807) is 4.90 Å². The third-order valence-corrected chi connectivity index (χ3v) is 6.19. The Balaban J connectivity index is 2.07. The Morgan fingerprint density at radius 3 is 2.18 bits per heavy atom. The van der Waals surface area contributed by atoms with Gasteiger partial charge < -0.3 is 20.8 Å². The monoisotopic (exact) mass is 396 g/mol. The number of hydrogen-bond donors (Lipinski definition) is 3. The predicted octanol–water partition coefficient (Wildman–Crippen LogP) is 2.45. The van der Waals surface area contributed by atoms with E-state index in [9.17, 15) is 19.8 Å². The van der Waals surface area contributed by atoms with Crippen LogP contribution in [0, 0.1) is 23.7 Å². The third kappa shape index (κ3) is 8.08. The number of hydrogen-bond acceptors (Lipinski definition) is 4. The molecule has 2 aliphatic carbocycles.